The summed E-state index contributed by atoms with van der Waals surface area (Å²) in [5, 5.41) is 15.1. The molecule has 0 bridgehead atoms. The second kappa shape index (κ2) is 11.1. The summed E-state index contributed by atoms with van der Waals surface area (Å²) >= 11 is 0. The van der Waals surface area contributed by atoms with Gasteiger partial charge in [-0.1, -0.05) is 49.2 Å². The molecule has 1 aliphatic carbocycles. The molecule has 5 heteroatoms. The zero-order valence-electron chi connectivity index (χ0n) is 18.9. The van der Waals surface area contributed by atoms with Gasteiger partial charge in [-0.3, -0.25) is 4.98 Å². The van der Waals surface area contributed by atoms with Gasteiger partial charge < -0.3 is 15.2 Å². The molecule has 2 atom stereocenters. The Kier molecular flexibility index (Phi) is 7.93. The minimum atomic E-state index is -1.58. The summed E-state index contributed by atoms with van der Waals surface area (Å²) in [6, 6.07) is 15.2. The molecule has 0 amide bonds. The van der Waals surface area contributed by atoms with Crippen LogP contribution in [0.1, 0.15) is 68.5 Å². The van der Waals surface area contributed by atoms with Gasteiger partial charge in [0.05, 0.1) is 6.61 Å². The van der Waals surface area contributed by atoms with Crippen molar-refractivity contribution < 1.29 is 14.6 Å². The molecular formula is C27H36N2O3. The van der Waals surface area contributed by atoms with Gasteiger partial charge in [0.1, 0.15) is 0 Å². The first-order chi connectivity index (χ1) is 15.7. The summed E-state index contributed by atoms with van der Waals surface area (Å²) in [6.07, 6.45) is 10.0. The van der Waals surface area contributed by atoms with Crippen LogP contribution < -0.4 is 5.32 Å². The number of hydrogen-bond acceptors (Lipinski definition) is 5. The van der Waals surface area contributed by atoms with Gasteiger partial charge >= 0.3 is 5.97 Å². The molecule has 1 aromatic carbocycles. The second-order valence-corrected chi connectivity index (χ2v) is 9.43. The van der Waals surface area contributed by atoms with Crippen LogP contribution >= 0.6 is 0 Å². The van der Waals surface area contributed by atoms with E-state index >= 15 is 0 Å². The van der Waals surface area contributed by atoms with Crippen LogP contribution in [0.4, 0.5) is 0 Å². The van der Waals surface area contributed by atoms with Crippen LogP contribution in [-0.2, 0) is 15.1 Å². The van der Waals surface area contributed by atoms with Crippen molar-refractivity contribution in [1.29, 1.82) is 0 Å². The lowest BCUT2D eigenvalue weighted by Crippen LogP contribution is -2.44. The number of carbonyl (C=O) groups excluding carboxylic acids is 1. The fourth-order valence-corrected chi connectivity index (χ4v) is 5.38. The van der Waals surface area contributed by atoms with Crippen molar-refractivity contribution in [1.82, 2.24) is 10.3 Å². The van der Waals surface area contributed by atoms with E-state index in [9.17, 15) is 9.90 Å². The van der Waals surface area contributed by atoms with E-state index in [-0.39, 0.29) is 18.4 Å². The molecule has 2 heterocycles. The van der Waals surface area contributed by atoms with Gasteiger partial charge in [-0.25, -0.2) is 4.79 Å². The molecule has 1 saturated carbocycles. The first-order valence-electron chi connectivity index (χ1n) is 12.2. The van der Waals surface area contributed by atoms with E-state index in [2.05, 4.69) is 10.3 Å². The zero-order valence-corrected chi connectivity index (χ0v) is 18.9. The first-order valence-corrected chi connectivity index (χ1v) is 12.2. The average molecular weight is 437 g/mol. The lowest BCUT2D eigenvalue weighted by atomic mass is 9.80. The third kappa shape index (κ3) is 5.38. The molecular weight excluding hydrogens is 400 g/mol. The monoisotopic (exact) mass is 436 g/mol. The van der Waals surface area contributed by atoms with Crippen molar-refractivity contribution in [3.05, 3.63) is 66.0 Å². The van der Waals surface area contributed by atoms with Crippen molar-refractivity contribution >= 4 is 5.97 Å². The highest BCUT2D eigenvalue weighted by Gasteiger charge is 2.48. The molecule has 172 valence electrons. The summed E-state index contributed by atoms with van der Waals surface area (Å²) in [4.78, 5) is 17.9. The maximum Gasteiger partial charge on any atom is 0.343 e. The van der Waals surface area contributed by atoms with Gasteiger partial charge in [0.2, 0.25) is 0 Å². The summed E-state index contributed by atoms with van der Waals surface area (Å²) in [7, 11) is 0. The van der Waals surface area contributed by atoms with Crippen LogP contribution in [0, 0.1) is 11.8 Å². The Labute approximate surface area is 191 Å². The number of piperidine rings is 1. The highest BCUT2D eigenvalue weighted by molar-refractivity contribution is 5.81. The number of hydrogen-bond donors (Lipinski definition) is 2. The Bertz CT molecular complexity index is 832. The van der Waals surface area contributed by atoms with Crippen LogP contribution in [0.25, 0.3) is 0 Å². The quantitative estimate of drug-likeness (QED) is 0.564. The molecule has 2 unspecified atom stereocenters. The molecule has 2 aliphatic rings. The molecule has 2 fully saturated rings. The van der Waals surface area contributed by atoms with Gasteiger partial charge in [0, 0.05) is 23.7 Å². The third-order valence-corrected chi connectivity index (χ3v) is 7.37. The molecule has 4 rings (SSSR count). The number of benzene rings is 1. The van der Waals surface area contributed by atoms with E-state index in [1.54, 1.807) is 6.20 Å². The number of esters is 1. The molecule has 0 radical (unpaired) electrons. The van der Waals surface area contributed by atoms with Crippen molar-refractivity contribution in [3.8, 4) is 0 Å². The largest absolute Gasteiger partial charge is 0.463 e. The first kappa shape index (κ1) is 22.9. The Morgan fingerprint density at radius 3 is 2.47 bits per heavy atom. The van der Waals surface area contributed by atoms with Crippen LogP contribution in [-0.4, -0.2) is 35.8 Å². The van der Waals surface area contributed by atoms with E-state index in [0.717, 1.165) is 57.3 Å². The van der Waals surface area contributed by atoms with Crippen LogP contribution in [0.5, 0.6) is 0 Å². The van der Waals surface area contributed by atoms with Crippen LogP contribution in [0.15, 0.2) is 54.7 Å². The minimum Gasteiger partial charge on any atom is -0.463 e. The molecule has 1 saturated heterocycles. The number of aromatic nitrogens is 1. The lowest BCUT2D eigenvalue weighted by Gasteiger charge is -2.33. The fraction of sp³-hybridized carbons (Fsp3) is 0.556. The SMILES string of the molecule is O=C(OCC(CCC1CCNCC1)c1ccccn1)C(O)(c1ccccc1)C1CCCC1. The van der Waals surface area contributed by atoms with E-state index in [0.29, 0.717) is 11.5 Å². The second-order valence-electron chi connectivity index (χ2n) is 9.43. The van der Waals surface area contributed by atoms with Gasteiger partial charge in [0.15, 0.2) is 5.60 Å². The molecule has 5 nitrogen and oxygen atoms in total. The van der Waals surface area contributed by atoms with Crippen molar-refractivity contribution in [3.63, 3.8) is 0 Å². The Morgan fingerprint density at radius 2 is 1.78 bits per heavy atom. The van der Waals surface area contributed by atoms with Gasteiger partial charge in [0.25, 0.3) is 0 Å². The summed E-state index contributed by atoms with van der Waals surface area (Å²) in [5.74, 6) is 0.135. The molecule has 1 aliphatic heterocycles. The average Bonchev–Trinajstić information content (AvgIpc) is 3.41. The third-order valence-electron chi connectivity index (χ3n) is 7.37. The highest BCUT2D eigenvalue weighted by Crippen LogP contribution is 2.41. The van der Waals surface area contributed by atoms with E-state index < -0.39 is 11.6 Å². The zero-order chi connectivity index (χ0) is 22.2. The topological polar surface area (TPSA) is 71.5 Å². The smallest absolute Gasteiger partial charge is 0.343 e. The predicted molar refractivity (Wildman–Crippen MR) is 125 cm³/mol. The van der Waals surface area contributed by atoms with E-state index in [4.69, 9.17) is 4.74 Å². The maximum absolute atomic E-state index is 13.4. The summed E-state index contributed by atoms with van der Waals surface area (Å²) in [5.41, 5.74) is 0.0147. The molecule has 32 heavy (non-hydrogen) atoms. The molecule has 2 N–H and O–H groups in total. The van der Waals surface area contributed by atoms with Crippen LogP contribution in [0.2, 0.25) is 0 Å². The van der Waals surface area contributed by atoms with Crippen molar-refractivity contribution in [2.75, 3.05) is 19.7 Å². The van der Waals surface area contributed by atoms with Crippen molar-refractivity contribution in [2.24, 2.45) is 11.8 Å². The summed E-state index contributed by atoms with van der Waals surface area (Å²) < 4.78 is 5.89. The maximum atomic E-state index is 13.4. The number of ether oxygens (including phenoxy) is 1. The lowest BCUT2D eigenvalue weighted by molar-refractivity contribution is -0.174. The number of rotatable bonds is 9. The molecule has 1 aromatic heterocycles. The van der Waals surface area contributed by atoms with Gasteiger partial charge in [-0.05, 0) is 75.2 Å². The van der Waals surface area contributed by atoms with Crippen LogP contribution in [0.3, 0.4) is 0 Å². The fourth-order valence-electron chi connectivity index (χ4n) is 5.38. The Hall–Kier alpha value is -2.24. The normalized spacial score (nSPS) is 20.5. The minimum absolute atomic E-state index is 0.0404. The predicted octanol–water partition coefficient (Wildman–Crippen LogP) is 4.57. The Morgan fingerprint density at radius 1 is 1.06 bits per heavy atom. The Balaban J connectivity index is 1.47. The number of nitrogens with zero attached hydrogens (tertiary/aromatic N) is 1. The number of carbonyl (C=O) groups is 1. The summed E-state index contributed by atoms with van der Waals surface area (Å²) in [6.45, 7) is 2.42. The highest BCUT2D eigenvalue weighted by atomic mass is 16.5. The van der Waals surface area contributed by atoms with Crippen molar-refractivity contribution in [2.45, 2.75) is 62.9 Å². The number of pyridine rings is 1. The number of nitrogens with one attached hydrogen (secondary N) is 1. The molecule has 2 aromatic rings. The van der Waals surface area contributed by atoms with Gasteiger partial charge in [-0.15, -0.1) is 0 Å². The standard InChI is InChI=1S/C27H36N2O3/c30-26(27(31,24-10-4-5-11-24)23-8-2-1-3-9-23)32-20-22(25-12-6-7-17-29-25)14-13-21-15-18-28-19-16-21/h1-3,6-9,12,17,21-22,24,28,31H,4-5,10-11,13-16,18-20H2. The van der Waals surface area contributed by atoms with E-state index in [1.807, 2.05) is 48.5 Å². The van der Waals surface area contributed by atoms with E-state index in [1.165, 1.54) is 12.8 Å². The molecule has 0 spiro atoms. The number of aliphatic hydroxyl groups is 1. The van der Waals surface area contributed by atoms with Gasteiger partial charge in [-0.2, -0.15) is 0 Å².